The van der Waals surface area contributed by atoms with Gasteiger partial charge in [-0.3, -0.25) is 4.68 Å². The second-order valence-corrected chi connectivity index (χ2v) is 5.99. The predicted molar refractivity (Wildman–Crippen MR) is 94.5 cm³/mol. The quantitative estimate of drug-likeness (QED) is 0.659. The maximum Gasteiger partial charge on any atom is 0.134 e. The zero-order valence-corrected chi connectivity index (χ0v) is 14.5. The van der Waals surface area contributed by atoms with E-state index in [0.29, 0.717) is 23.9 Å². The van der Waals surface area contributed by atoms with E-state index in [0.717, 1.165) is 22.6 Å². The molecule has 0 amide bonds. The summed E-state index contributed by atoms with van der Waals surface area (Å²) in [5, 5.41) is 4.89. The zero-order valence-electron chi connectivity index (χ0n) is 13.7. The van der Waals surface area contributed by atoms with E-state index in [1.54, 1.807) is 10.9 Å². The van der Waals surface area contributed by atoms with Crippen LogP contribution in [0.3, 0.4) is 0 Å². The van der Waals surface area contributed by atoms with Gasteiger partial charge in [0.1, 0.15) is 30.4 Å². The predicted octanol–water partition coefficient (Wildman–Crippen LogP) is 4.54. The fourth-order valence-corrected chi connectivity index (χ4v) is 2.55. The molecule has 124 valence electrons. The average molecular weight is 343 g/mol. The molecule has 24 heavy (non-hydrogen) atoms. The van der Waals surface area contributed by atoms with Crippen LogP contribution in [-0.2, 0) is 20.3 Å². The molecule has 1 heterocycles. The van der Waals surface area contributed by atoms with Gasteiger partial charge in [-0.1, -0.05) is 48.0 Å². The van der Waals surface area contributed by atoms with Crippen molar-refractivity contribution in [3.05, 3.63) is 76.6 Å². The van der Waals surface area contributed by atoms with E-state index in [2.05, 4.69) is 5.10 Å². The summed E-state index contributed by atoms with van der Waals surface area (Å²) >= 11 is 6.11. The Bertz CT molecular complexity index is 815. The first-order valence-corrected chi connectivity index (χ1v) is 8.08. The second kappa shape index (κ2) is 7.41. The highest BCUT2D eigenvalue weighted by Crippen LogP contribution is 2.26. The molecule has 3 rings (SSSR count). The lowest BCUT2D eigenvalue weighted by Crippen LogP contribution is -2.01. The number of halogens is 1. The van der Waals surface area contributed by atoms with Crippen LogP contribution in [0, 0.1) is 6.92 Å². The monoisotopic (exact) mass is 342 g/mol. The summed E-state index contributed by atoms with van der Waals surface area (Å²) in [7, 11) is 1.83. The van der Waals surface area contributed by atoms with E-state index in [9.17, 15) is 0 Å². The molecular formula is C19H19ClN2O2. The first-order chi connectivity index (χ1) is 11.6. The van der Waals surface area contributed by atoms with Crippen LogP contribution in [0.1, 0.15) is 16.8 Å². The van der Waals surface area contributed by atoms with Crippen molar-refractivity contribution in [1.82, 2.24) is 9.78 Å². The Morgan fingerprint density at radius 3 is 2.54 bits per heavy atom. The molecule has 3 aromatic rings. The Morgan fingerprint density at radius 2 is 1.83 bits per heavy atom. The first kappa shape index (κ1) is 16.4. The zero-order chi connectivity index (χ0) is 16.9. The minimum atomic E-state index is 0.322. The summed E-state index contributed by atoms with van der Waals surface area (Å²) in [6, 6.07) is 15.9. The van der Waals surface area contributed by atoms with Gasteiger partial charge in [0.2, 0.25) is 0 Å². The minimum absolute atomic E-state index is 0.322. The number of ether oxygens (including phenoxy) is 2. The molecule has 0 N–H and O–H groups in total. The van der Waals surface area contributed by atoms with E-state index in [4.69, 9.17) is 21.1 Å². The van der Waals surface area contributed by atoms with Crippen molar-refractivity contribution in [2.45, 2.75) is 20.1 Å². The normalized spacial score (nSPS) is 10.6. The van der Waals surface area contributed by atoms with Gasteiger partial charge in [-0.2, -0.15) is 5.10 Å². The molecule has 0 bridgehead atoms. The summed E-state index contributed by atoms with van der Waals surface area (Å²) in [4.78, 5) is 0. The fraction of sp³-hybridized carbons (Fsp3) is 0.211. The Hall–Kier alpha value is -2.46. The highest BCUT2D eigenvalue weighted by molar-refractivity contribution is 6.31. The number of hydrogen-bond acceptors (Lipinski definition) is 3. The lowest BCUT2D eigenvalue weighted by atomic mass is 10.2. The van der Waals surface area contributed by atoms with Crippen molar-refractivity contribution in [3.63, 3.8) is 0 Å². The van der Waals surface area contributed by atoms with Gasteiger partial charge in [0, 0.05) is 19.3 Å². The van der Waals surface area contributed by atoms with Gasteiger partial charge < -0.3 is 9.47 Å². The molecule has 0 saturated heterocycles. The molecule has 2 aromatic carbocycles. The van der Waals surface area contributed by atoms with Crippen molar-refractivity contribution in [1.29, 1.82) is 0 Å². The molecular weight excluding hydrogens is 324 g/mol. The second-order valence-electron chi connectivity index (χ2n) is 5.59. The van der Waals surface area contributed by atoms with E-state index < -0.39 is 0 Å². The van der Waals surface area contributed by atoms with Crippen LogP contribution in [0.2, 0.25) is 5.02 Å². The standard InChI is InChI=1S/C19H19ClN2O2/c1-14-8-9-16(23-12-15-6-4-3-5-7-15)10-19(14)24-13-18-17(20)11-22(2)21-18/h3-11H,12-13H2,1-2H3. The van der Waals surface area contributed by atoms with Crippen LogP contribution in [-0.4, -0.2) is 9.78 Å². The molecule has 0 radical (unpaired) electrons. The number of aromatic nitrogens is 2. The Morgan fingerprint density at radius 1 is 1.04 bits per heavy atom. The molecule has 0 fully saturated rings. The number of nitrogens with zero attached hydrogens (tertiary/aromatic N) is 2. The Balaban J connectivity index is 1.66. The highest BCUT2D eigenvalue weighted by atomic mass is 35.5. The molecule has 4 nitrogen and oxygen atoms in total. The lowest BCUT2D eigenvalue weighted by Gasteiger charge is -2.11. The number of benzene rings is 2. The molecule has 0 aliphatic carbocycles. The smallest absolute Gasteiger partial charge is 0.134 e. The van der Waals surface area contributed by atoms with Crippen LogP contribution < -0.4 is 9.47 Å². The van der Waals surface area contributed by atoms with Crippen molar-refractivity contribution in [2.24, 2.45) is 7.05 Å². The third-order valence-corrected chi connectivity index (χ3v) is 3.94. The van der Waals surface area contributed by atoms with Gasteiger partial charge >= 0.3 is 0 Å². The summed E-state index contributed by atoms with van der Waals surface area (Å²) in [6.45, 7) is 2.84. The average Bonchev–Trinajstić information content (AvgIpc) is 2.91. The molecule has 0 unspecified atom stereocenters. The molecule has 0 atom stereocenters. The van der Waals surface area contributed by atoms with Crippen LogP contribution in [0.4, 0.5) is 0 Å². The molecule has 0 saturated carbocycles. The molecule has 0 aliphatic rings. The van der Waals surface area contributed by atoms with Crippen molar-refractivity contribution in [2.75, 3.05) is 0 Å². The van der Waals surface area contributed by atoms with Crippen LogP contribution in [0.5, 0.6) is 11.5 Å². The Labute approximate surface area is 146 Å². The summed E-state index contributed by atoms with van der Waals surface area (Å²) in [5.41, 5.74) is 2.88. The van der Waals surface area contributed by atoms with Gasteiger partial charge in [-0.25, -0.2) is 0 Å². The fourth-order valence-electron chi connectivity index (χ4n) is 2.32. The highest BCUT2D eigenvalue weighted by Gasteiger charge is 2.08. The molecule has 0 aliphatic heterocycles. The van der Waals surface area contributed by atoms with Gasteiger partial charge in [-0.15, -0.1) is 0 Å². The van der Waals surface area contributed by atoms with Gasteiger partial charge in [0.05, 0.1) is 5.02 Å². The maximum atomic E-state index is 6.11. The summed E-state index contributed by atoms with van der Waals surface area (Å²) in [5.74, 6) is 1.54. The topological polar surface area (TPSA) is 36.3 Å². The van der Waals surface area contributed by atoms with Gasteiger partial charge in [0.15, 0.2) is 0 Å². The van der Waals surface area contributed by atoms with Crippen molar-refractivity contribution >= 4 is 11.6 Å². The van der Waals surface area contributed by atoms with Crippen LogP contribution in [0.25, 0.3) is 0 Å². The Kier molecular flexibility index (Phi) is 5.06. The van der Waals surface area contributed by atoms with E-state index in [1.165, 1.54) is 0 Å². The molecule has 5 heteroatoms. The SMILES string of the molecule is Cc1ccc(OCc2ccccc2)cc1OCc1nn(C)cc1Cl. The van der Waals surface area contributed by atoms with Crippen molar-refractivity contribution < 1.29 is 9.47 Å². The third kappa shape index (κ3) is 4.09. The maximum absolute atomic E-state index is 6.11. The van der Waals surface area contributed by atoms with E-state index >= 15 is 0 Å². The number of rotatable bonds is 6. The largest absolute Gasteiger partial charge is 0.489 e. The molecule has 1 aromatic heterocycles. The van der Waals surface area contributed by atoms with Crippen LogP contribution in [0.15, 0.2) is 54.7 Å². The lowest BCUT2D eigenvalue weighted by molar-refractivity contribution is 0.285. The van der Waals surface area contributed by atoms with Gasteiger partial charge in [0.25, 0.3) is 0 Å². The number of aryl methyl sites for hydroxylation is 2. The third-order valence-electron chi connectivity index (χ3n) is 3.63. The van der Waals surface area contributed by atoms with E-state index in [-0.39, 0.29) is 0 Å². The first-order valence-electron chi connectivity index (χ1n) is 7.70. The summed E-state index contributed by atoms with van der Waals surface area (Å²) < 4.78 is 13.4. The van der Waals surface area contributed by atoms with E-state index in [1.807, 2.05) is 62.5 Å². The van der Waals surface area contributed by atoms with Crippen LogP contribution >= 0.6 is 11.6 Å². The summed E-state index contributed by atoms with van der Waals surface area (Å²) in [6.07, 6.45) is 1.76. The minimum Gasteiger partial charge on any atom is -0.489 e. The number of hydrogen-bond donors (Lipinski definition) is 0. The van der Waals surface area contributed by atoms with Crippen molar-refractivity contribution in [3.8, 4) is 11.5 Å². The van der Waals surface area contributed by atoms with Gasteiger partial charge in [-0.05, 0) is 24.1 Å². The molecule has 0 spiro atoms.